The molecule has 0 amide bonds. The number of hydrogen-bond acceptors (Lipinski definition) is 2. The molecular formula is C9H13Br2NS. The first-order valence-corrected chi connectivity index (χ1v) is 6.43. The van der Waals surface area contributed by atoms with E-state index in [0.29, 0.717) is 0 Å². The van der Waals surface area contributed by atoms with Crippen LogP contribution in [0, 0.1) is 5.41 Å². The van der Waals surface area contributed by atoms with Crippen LogP contribution in [0.4, 0.5) is 0 Å². The first-order chi connectivity index (χ1) is 5.82. The standard InChI is InChI=1S/C9H13Br2NS/c1-9(2,3)7(12)5-4-6(10)13-8(5)11/h4,7H,12H2,1-3H3. The van der Waals surface area contributed by atoms with Crippen LogP contribution in [0.2, 0.25) is 0 Å². The van der Waals surface area contributed by atoms with E-state index < -0.39 is 0 Å². The Morgan fingerprint density at radius 1 is 1.38 bits per heavy atom. The maximum Gasteiger partial charge on any atom is 0.0758 e. The summed E-state index contributed by atoms with van der Waals surface area (Å²) >= 11 is 8.64. The smallest absolute Gasteiger partial charge is 0.0758 e. The van der Waals surface area contributed by atoms with Crippen molar-refractivity contribution in [2.75, 3.05) is 0 Å². The van der Waals surface area contributed by atoms with Crippen molar-refractivity contribution in [3.8, 4) is 0 Å². The lowest BCUT2D eigenvalue weighted by atomic mass is 9.84. The molecule has 74 valence electrons. The van der Waals surface area contributed by atoms with Gasteiger partial charge in [-0.25, -0.2) is 0 Å². The van der Waals surface area contributed by atoms with Crippen molar-refractivity contribution in [1.82, 2.24) is 0 Å². The second kappa shape index (κ2) is 4.01. The average molecular weight is 327 g/mol. The molecule has 0 bridgehead atoms. The topological polar surface area (TPSA) is 26.0 Å². The number of thiophene rings is 1. The van der Waals surface area contributed by atoms with Gasteiger partial charge in [-0.15, -0.1) is 11.3 Å². The second-order valence-electron chi connectivity index (χ2n) is 4.12. The van der Waals surface area contributed by atoms with Crippen LogP contribution < -0.4 is 5.73 Å². The van der Waals surface area contributed by atoms with Gasteiger partial charge < -0.3 is 5.73 Å². The molecule has 0 saturated carbocycles. The fourth-order valence-corrected chi connectivity index (χ4v) is 3.96. The van der Waals surface area contributed by atoms with Crippen molar-refractivity contribution in [3.63, 3.8) is 0 Å². The van der Waals surface area contributed by atoms with Crippen LogP contribution in [0.25, 0.3) is 0 Å². The molecule has 0 spiro atoms. The zero-order valence-corrected chi connectivity index (χ0v) is 11.9. The largest absolute Gasteiger partial charge is 0.323 e. The van der Waals surface area contributed by atoms with Gasteiger partial charge >= 0.3 is 0 Å². The average Bonchev–Trinajstić information content (AvgIpc) is 2.26. The van der Waals surface area contributed by atoms with Crippen molar-refractivity contribution < 1.29 is 0 Å². The highest BCUT2D eigenvalue weighted by Crippen LogP contribution is 2.40. The Kier molecular flexibility index (Phi) is 3.60. The normalized spacial score (nSPS) is 14.6. The third-order valence-corrected chi connectivity index (χ3v) is 4.34. The van der Waals surface area contributed by atoms with Gasteiger partial charge in [0.1, 0.15) is 0 Å². The number of hydrogen-bond donors (Lipinski definition) is 1. The van der Waals surface area contributed by atoms with Gasteiger partial charge in [-0.3, -0.25) is 0 Å². The molecule has 4 heteroatoms. The van der Waals surface area contributed by atoms with E-state index in [9.17, 15) is 0 Å². The molecule has 1 heterocycles. The molecule has 0 aliphatic rings. The van der Waals surface area contributed by atoms with Crippen LogP contribution in [-0.4, -0.2) is 0 Å². The van der Waals surface area contributed by atoms with Crippen LogP contribution in [0.5, 0.6) is 0 Å². The van der Waals surface area contributed by atoms with Gasteiger partial charge in [0.05, 0.1) is 7.57 Å². The maximum atomic E-state index is 6.14. The Labute approximate surface area is 100.0 Å². The summed E-state index contributed by atoms with van der Waals surface area (Å²) in [6, 6.07) is 2.16. The van der Waals surface area contributed by atoms with Crippen molar-refractivity contribution in [1.29, 1.82) is 0 Å². The SMILES string of the molecule is CC(C)(C)C(N)c1cc(Br)sc1Br. The zero-order valence-electron chi connectivity index (χ0n) is 7.90. The monoisotopic (exact) mass is 325 g/mol. The zero-order chi connectivity index (χ0) is 10.2. The molecule has 0 aliphatic carbocycles. The van der Waals surface area contributed by atoms with Crippen LogP contribution in [0.1, 0.15) is 32.4 Å². The third kappa shape index (κ3) is 2.78. The predicted molar refractivity (Wildman–Crippen MR) is 66.1 cm³/mol. The highest BCUT2D eigenvalue weighted by Gasteiger charge is 2.25. The molecule has 2 N–H and O–H groups in total. The summed E-state index contributed by atoms with van der Waals surface area (Å²) in [5.74, 6) is 0. The van der Waals surface area contributed by atoms with E-state index >= 15 is 0 Å². The Bertz CT molecular complexity index is 301. The predicted octanol–water partition coefficient (Wildman–Crippen LogP) is 4.32. The highest BCUT2D eigenvalue weighted by molar-refractivity contribution is 9.12. The molecular weight excluding hydrogens is 314 g/mol. The van der Waals surface area contributed by atoms with E-state index in [1.165, 1.54) is 5.56 Å². The molecule has 1 unspecified atom stereocenters. The quantitative estimate of drug-likeness (QED) is 0.817. The summed E-state index contributed by atoms with van der Waals surface area (Å²) < 4.78 is 2.25. The maximum absolute atomic E-state index is 6.14. The van der Waals surface area contributed by atoms with Crippen LogP contribution >= 0.6 is 43.2 Å². The molecule has 0 saturated heterocycles. The fraction of sp³-hybridized carbons (Fsp3) is 0.556. The van der Waals surface area contributed by atoms with Gasteiger partial charge in [0.25, 0.3) is 0 Å². The molecule has 1 atom stereocenters. The number of halogens is 2. The summed E-state index contributed by atoms with van der Waals surface area (Å²) in [4.78, 5) is 0. The van der Waals surface area contributed by atoms with Crippen molar-refractivity contribution in [2.45, 2.75) is 26.8 Å². The van der Waals surface area contributed by atoms with Gasteiger partial charge in [0.15, 0.2) is 0 Å². The third-order valence-electron chi connectivity index (χ3n) is 1.95. The summed E-state index contributed by atoms with van der Waals surface area (Å²) in [7, 11) is 0. The fourth-order valence-electron chi connectivity index (χ4n) is 1.03. The summed E-state index contributed by atoms with van der Waals surface area (Å²) in [6.45, 7) is 6.45. The first-order valence-electron chi connectivity index (χ1n) is 4.02. The van der Waals surface area contributed by atoms with Gasteiger partial charge in [-0.2, -0.15) is 0 Å². The molecule has 1 rings (SSSR count). The number of rotatable bonds is 1. The van der Waals surface area contributed by atoms with Crippen molar-refractivity contribution >= 4 is 43.2 Å². The lowest BCUT2D eigenvalue weighted by Gasteiger charge is -2.26. The molecule has 0 radical (unpaired) electrons. The van der Waals surface area contributed by atoms with Crippen LogP contribution in [0.3, 0.4) is 0 Å². The first kappa shape index (κ1) is 11.7. The summed E-state index contributed by atoms with van der Waals surface area (Å²) in [5, 5.41) is 0. The van der Waals surface area contributed by atoms with E-state index in [2.05, 4.69) is 58.7 Å². The van der Waals surface area contributed by atoms with E-state index in [0.717, 1.165) is 7.57 Å². The lowest BCUT2D eigenvalue weighted by molar-refractivity contribution is 0.327. The Balaban J connectivity index is 3.01. The molecule has 0 aliphatic heterocycles. The second-order valence-corrected chi connectivity index (χ2v) is 7.87. The Hall–Kier alpha value is 0.620. The van der Waals surface area contributed by atoms with E-state index in [-0.39, 0.29) is 11.5 Å². The molecule has 0 fully saturated rings. The Morgan fingerprint density at radius 3 is 2.23 bits per heavy atom. The Morgan fingerprint density at radius 2 is 1.92 bits per heavy atom. The van der Waals surface area contributed by atoms with E-state index in [1.54, 1.807) is 11.3 Å². The minimum atomic E-state index is 0.0735. The van der Waals surface area contributed by atoms with Gasteiger partial charge in [-0.05, 0) is 48.9 Å². The minimum absolute atomic E-state index is 0.0735. The van der Waals surface area contributed by atoms with Crippen molar-refractivity contribution in [2.24, 2.45) is 11.1 Å². The van der Waals surface area contributed by atoms with E-state index in [4.69, 9.17) is 5.73 Å². The van der Waals surface area contributed by atoms with Crippen LogP contribution in [0.15, 0.2) is 13.6 Å². The molecule has 1 aromatic rings. The summed E-state index contributed by atoms with van der Waals surface area (Å²) in [5.41, 5.74) is 7.43. The van der Waals surface area contributed by atoms with Gasteiger partial charge in [-0.1, -0.05) is 20.8 Å². The van der Waals surface area contributed by atoms with E-state index in [1.807, 2.05) is 0 Å². The van der Waals surface area contributed by atoms with Gasteiger partial charge in [0, 0.05) is 6.04 Å². The van der Waals surface area contributed by atoms with Crippen LogP contribution in [-0.2, 0) is 0 Å². The lowest BCUT2D eigenvalue weighted by Crippen LogP contribution is -2.25. The van der Waals surface area contributed by atoms with Crippen molar-refractivity contribution in [3.05, 3.63) is 19.2 Å². The minimum Gasteiger partial charge on any atom is -0.323 e. The molecule has 1 aromatic heterocycles. The summed E-state index contributed by atoms with van der Waals surface area (Å²) in [6.07, 6.45) is 0. The molecule has 0 aromatic carbocycles. The molecule has 13 heavy (non-hydrogen) atoms. The van der Waals surface area contributed by atoms with Gasteiger partial charge in [0.2, 0.25) is 0 Å². The number of nitrogens with two attached hydrogens (primary N) is 1. The highest BCUT2D eigenvalue weighted by atomic mass is 79.9. The molecule has 1 nitrogen and oxygen atoms in total.